The molecule has 0 saturated carbocycles. The molecule has 0 aliphatic rings. The van der Waals surface area contributed by atoms with Gasteiger partial charge in [-0.3, -0.25) is 0 Å². The number of hydrogen-bond donors (Lipinski definition) is 1. The standard InChI is InChI=1S/C16H27NO/c1-4-6-9-14(5-2)13-18-16-11-8-7-10-15(16)12-17-3/h7-8,10-11,14,17H,4-6,9,12-13H2,1-3H3. The molecular formula is C16H27NO. The highest BCUT2D eigenvalue weighted by molar-refractivity contribution is 5.33. The second kappa shape index (κ2) is 8.98. The van der Waals surface area contributed by atoms with E-state index in [0.717, 1.165) is 18.9 Å². The molecule has 1 aromatic rings. The highest BCUT2D eigenvalue weighted by Gasteiger charge is 2.08. The lowest BCUT2D eigenvalue weighted by Crippen LogP contribution is -2.13. The first-order chi connectivity index (χ1) is 8.81. The highest BCUT2D eigenvalue weighted by atomic mass is 16.5. The zero-order valence-electron chi connectivity index (χ0n) is 12.0. The van der Waals surface area contributed by atoms with E-state index in [4.69, 9.17) is 4.74 Å². The minimum atomic E-state index is 0.688. The summed E-state index contributed by atoms with van der Waals surface area (Å²) in [6.07, 6.45) is 5.06. The van der Waals surface area contributed by atoms with Crippen LogP contribution in [0.3, 0.4) is 0 Å². The van der Waals surface area contributed by atoms with Crippen molar-refractivity contribution in [2.24, 2.45) is 5.92 Å². The third-order valence-corrected chi connectivity index (χ3v) is 3.36. The van der Waals surface area contributed by atoms with Gasteiger partial charge in [0, 0.05) is 12.1 Å². The molecule has 2 heteroatoms. The zero-order chi connectivity index (χ0) is 13.2. The monoisotopic (exact) mass is 249 g/mol. The second-order valence-corrected chi connectivity index (χ2v) is 4.87. The summed E-state index contributed by atoms with van der Waals surface area (Å²) in [6.45, 7) is 6.21. The molecule has 1 atom stereocenters. The Morgan fingerprint density at radius 1 is 1.22 bits per heavy atom. The first kappa shape index (κ1) is 15.0. The lowest BCUT2D eigenvalue weighted by molar-refractivity contribution is 0.231. The molecule has 0 spiro atoms. The maximum atomic E-state index is 6.00. The molecule has 0 amide bonds. The van der Waals surface area contributed by atoms with E-state index in [0.29, 0.717) is 5.92 Å². The molecule has 1 rings (SSSR count). The molecule has 18 heavy (non-hydrogen) atoms. The van der Waals surface area contributed by atoms with E-state index in [-0.39, 0.29) is 0 Å². The first-order valence-corrected chi connectivity index (χ1v) is 7.17. The normalized spacial score (nSPS) is 12.4. The summed E-state index contributed by atoms with van der Waals surface area (Å²) in [7, 11) is 1.97. The third kappa shape index (κ3) is 5.09. The number of unbranched alkanes of at least 4 members (excludes halogenated alkanes) is 1. The Labute approximate surface area is 112 Å². The smallest absolute Gasteiger partial charge is 0.123 e. The third-order valence-electron chi connectivity index (χ3n) is 3.36. The van der Waals surface area contributed by atoms with Crippen LogP contribution in [0.25, 0.3) is 0 Å². The van der Waals surface area contributed by atoms with Crippen molar-refractivity contribution >= 4 is 0 Å². The van der Waals surface area contributed by atoms with E-state index in [2.05, 4.69) is 37.4 Å². The van der Waals surface area contributed by atoms with E-state index in [1.165, 1.54) is 31.2 Å². The van der Waals surface area contributed by atoms with Gasteiger partial charge >= 0.3 is 0 Å². The Kier molecular flexibility index (Phi) is 7.51. The lowest BCUT2D eigenvalue weighted by Gasteiger charge is -2.17. The second-order valence-electron chi connectivity index (χ2n) is 4.87. The maximum Gasteiger partial charge on any atom is 0.123 e. The minimum Gasteiger partial charge on any atom is -0.493 e. The van der Waals surface area contributed by atoms with Crippen LogP contribution in [0.1, 0.15) is 45.1 Å². The van der Waals surface area contributed by atoms with Gasteiger partial charge in [-0.05, 0) is 25.5 Å². The fraction of sp³-hybridized carbons (Fsp3) is 0.625. The number of hydrogen-bond acceptors (Lipinski definition) is 2. The van der Waals surface area contributed by atoms with Gasteiger partial charge < -0.3 is 10.1 Å². The summed E-state index contributed by atoms with van der Waals surface area (Å²) in [5.74, 6) is 1.72. The minimum absolute atomic E-state index is 0.688. The van der Waals surface area contributed by atoms with E-state index in [1.807, 2.05) is 13.1 Å². The summed E-state index contributed by atoms with van der Waals surface area (Å²) in [5.41, 5.74) is 1.24. The summed E-state index contributed by atoms with van der Waals surface area (Å²) >= 11 is 0. The average molecular weight is 249 g/mol. The van der Waals surface area contributed by atoms with Gasteiger partial charge in [-0.2, -0.15) is 0 Å². The molecule has 0 aliphatic carbocycles. The first-order valence-electron chi connectivity index (χ1n) is 7.17. The average Bonchev–Trinajstić information content (AvgIpc) is 2.41. The number of para-hydroxylation sites is 1. The Balaban J connectivity index is 2.50. The fourth-order valence-electron chi connectivity index (χ4n) is 2.09. The zero-order valence-corrected chi connectivity index (χ0v) is 12.0. The van der Waals surface area contributed by atoms with Gasteiger partial charge in [0.25, 0.3) is 0 Å². The van der Waals surface area contributed by atoms with Crippen LogP contribution in [-0.4, -0.2) is 13.7 Å². The van der Waals surface area contributed by atoms with Crippen molar-refractivity contribution in [2.75, 3.05) is 13.7 Å². The molecule has 102 valence electrons. The van der Waals surface area contributed by atoms with Crippen LogP contribution in [0.5, 0.6) is 5.75 Å². The van der Waals surface area contributed by atoms with E-state index >= 15 is 0 Å². The van der Waals surface area contributed by atoms with Crippen molar-refractivity contribution in [2.45, 2.75) is 46.1 Å². The van der Waals surface area contributed by atoms with Gasteiger partial charge in [-0.15, -0.1) is 0 Å². The van der Waals surface area contributed by atoms with Crippen LogP contribution in [-0.2, 0) is 6.54 Å². The lowest BCUT2D eigenvalue weighted by atomic mass is 10.0. The van der Waals surface area contributed by atoms with Crippen LogP contribution < -0.4 is 10.1 Å². The molecule has 0 heterocycles. The Bertz CT molecular complexity index is 325. The molecule has 0 aliphatic heterocycles. The quantitative estimate of drug-likeness (QED) is 0.714. The van der Waals surface area contributed by atoms with Crippen molar-refractivity contribution in [3.8, 4) is 5.75 Å². The summed E-state index contributed by atoms with van der Waals surface area (Å²) in [6, 6.07) is 8.30. The van der Waals surface area contributed by atoms with Gasteiger partial charge in [0.1, 0.15) is 5.75 Å². The molecule has 1 aromatic carbocycles. The summed E-state index contributed by atoms with van der Waals surface area (Å²) < 4.78 is 6.00. The fourth-order valence-corrected chi connectivity index (χ4v) is 2.09. The van der Waals surface area contributed by atoms with Gasteiger partial charge in [0.2, 0.25) is 0 Å². The number of ether oxygens (including phenoxy) is 1. The molecule has 0 fully saturated rings. The Morgan fingerprint density at radius 3 is 2.67 bits per heavy atom. The molecule has 1 unspecified atom stereocenters. The molecule has 2 nitrogen and oxygen atoms in total. The van der Waals surface area contributed by atoms with Crippen LogP contribution in [0.15, 0.2) is 24.3 Å². The van der Waals surface area contributed by atoms with Crippen molar-refractivity contribution in [3.05, 3.63) is 29.8 Å². The van der Waals surface area contributed by atoms with Crippen LogP contribution >= 0.6 is 0 Å². The van der Waals surface area contributed by atoms with E-state index < -0.39 is 0 Å². The number of benzene rings is 1. The highest BCUT2D eigenvalue weighted by Crippen LogP contribution is 2.20. The van der Waals surface area contributed by atoms with Crippen molar-refractivity contribution in [1.29, 1.82) is 0 Å². The van der Waals surface area contributed by atoms with Crippen molar-refractivity contribution in [1.82, 2.24) is 5.32 Å². The maximum absolute atomic E-state index is 6.00. The predicted molar refractivity (Wildman–Crippen MR) is 78.0 cm³/mol. The number of rotatable bonds is 9. The summed E-state index contributed by atoms with van der Waals surface area (Å²) in [5, 5.41) is 3.18. The van der Waals surface area contributed by atoms with Gasteiger partial charge in [0.05, 0.1) is 6.61 Å². The Morgan fingerprint density at radius 2 is 2.00 bits per heavy atom. The molecule has 0 saturated heterocycles. The van der Waals surface area contributed by atoms with Crippen LogP contribution in [0.2, 0.25) is 0 Å². The van der Waals surface area contributed by atoms with Gasteiger partial charge in [0.15, 0.2) is 0 Å². The molecule has 1 N–H and O–H groups in total. The molecule has 0 radical (unpaired) electrons. The number of nitrogens with one attached hydrogen (secondary N) is 1. The van der Waals surface area contributed by atoms with Crippen LogP contribution in [0, 0.1) is 5.92 Å². The van der Waals surface area contributed by atoms with E-state index in [1.54, 1.807) is 0 Å². The van der Waals surface area contributed by atoms with Crippen molar-refractivity contribution in [3.63, 3.8) is 0 Å². The van der Waals surface area contributed by atoms with Crippen molar-refractivity contribution < 1.29 is 4.74 Å². The molecule has 0 bridgehead atoms. The largest absolute Gasteiger partial charge is 0.493 e. The van der Waals surface area contributed by atoms with Gasteiger partial charge in [-0.25, -0.2) is 0 Å². The molecular weight excluding hydrogens is 222 g/mol. The topological polar surface area (TPSA) is 21.3 Å². The van der Waals surface area contributed by atoms with Crippen LogP contribution in [0.4, 0.5) is 0 Å². The van der Waals surface area contributed by atoms with E-state index in [9.17, 15) is 0 Å². The predicted octanol–water partition coefficient (Wildman–Crippen LogP) is 4.00. The van der Waals surface area contributed by atoms with Gasteiger partial charge in [-0.1, -0.05) is 51.3 Å². The summed E-state index contributed by atoms with van der Waals surface area (Å²) in [4.78, 5) is 0. The molecule has 0 aromatic heterocycles. The SMILES string of the molecule is CCCCC(CC)COc1ccccc1CNC. The Hall–Kier alpha value is -1.02.